The number of H-pyrrole nitrogens is 1. The first-order valence-corrected chi connectivity index (χ1v) is 9.21. The molecule has 1 aliphatic heterocycles. The van der Waals surface area contributed by atoms with Gasteiger partial charge in [0.25, 0.3) is 11.2 Å². The minimum absolute atomic E-state index is 0.111. The van der Waals surface area contributed by atoms with Crippen LogP contribution in [0.2, 0.25) is 0 Å². The zero-order chi connectivity index (χ0) is 19.7. The predicted octanol–water partition coefficient (Wildman–Crippen LogP) is 2.46. The highest BCUT2D eigenvalue weighted by Crippen LogP contribution is 2.25. The molecule has 2 aromatic carbocycles. The van der Waals surface area contributed by atoms with Crippen LogP contribution in [0.15, 0.2) is 47.3 Å². The monoisotopic (exact) mass is 379 g/mol. The van der Waals surface area contributed by atoms with Crippen molar-refractivity contribution in [2.24, 2.45) is 0 Å². The SMILES string of the molecule is Cc1cc(N2CCN(Cc3nc4ccccc4c(=O)[nH]3)CC2)ccc1[N+](=O)[O-]. The van der Waals surface area contributed by atoms with E-state index >= 15 is 0 Å². The van der Waals surface area contributed by atoms with Gasteiger partial charge in [0.05, 0.1) is 22.4 Å². The second kappa shape index (κ2) is 7.40. The number of benzene rings is 2. The Bertz CT molecular complexity index is 1090. The largest absolute Gasteiger partial charge is 0.369 e. The Hall–Kier alpha value is -3.26. The van der Waals surface area contributed by atoms with Crippen molar-refractivity contribution in [1.82, 2.24) is 14.9 Å². The molecule has 8 heteroatoms. The third kappa shape index (κ3) is 3.59. The Morgan fingerprint density at radius 1 is 1.14 bits per heavy atom. The van der Waals surface area contributed by atoms with Gasteiger partial charge in [-0.1, -0.05) is 12.1 Å². The number of rotatable bonds is 4. The van der Waals surface area contributed by atoms with E-state index in [0.29, 0.717) is 28.8 Å². The molecule has 2 heterocycles. The molecule has 1 aromatic heterocycles. The lowest BCUT2D eigenvalue weighted by Crippen LogP contribution is -2.46. The van der Waals surface area contributed by atoms with Crippen molar-refractivity contribution in [3.8, 4) is 0 Å². The average molecular weight is 379 g/mol. The molecule has 0 bridgehead atoms. The average Bonchev–Trinajstić information content (AvgIpc) is 2.68. The van der Waals surface area contributed by atoms with Gasteiger partial charge in [-0.2, -0.15) is 0 Å². The molecule has 1 fully saturated rings. The van der Waals surface area contributed by atoms with Crippen LogP contribution in [-0.2, 0) is 6.54 Å². The van der Waals surface area contributed by atoms with E-state index in [0.717, 1.165) is 31.9 Å². The van der Waals surface area contributed by atoms with E-state index in [-0.39, 0.29) is 16.2 Å². The number of fused-ring (bicyclic) bond motifs is 1. The second-order valence-electron chi connectivity index (χ2n) is 7.02. The first-order chi connectivity index (χ1) is 13.5. The van der Waals surface area contributed by atoms with Crippen molar-refractivity contribution in [3.05, 3.63) is 74.3 Å². The molecule has 1 N–H and O–H groups in total. The zero-order valence-corrected chi connectivity index (χ0v) is 15.6. The summed E-state index contributed by atoms with van der Waals surface area (Å²) in [4.78, 5) is 34.8. The van der Waals surface area contributed by atoms with Crippen molar-refractivity contribution in [1.29, 1.82) is 0 Å². The summed E-state index contributed by atoms with van der Waals surface area (Å²) < 4.78 is 0. The van der Waals surface area contributed by atoms with Crippen LogP contribution in [0.25, 0.3) is 10.9 Å². The fraction of sp³-hybridized carbons (Fsp3) is 0.300. The summed E-state index contributed by atoms with van der Waals surface area (Å²) in [6.45, 7) is 5.64. The lowest BCUT2D eigenvalue weighted by molar-refractivity contribution is -0.385. The molecule has 0 unspecified atom stereocenters. The van der Waals surface area contributed by atoms with E-state index in [9.17, 15) is 14.9 Å². The number of nitro groups is 1. The number of nitro benzene ring substituents is 1. The van der Waals surface area contributed by atoms with Gasteiger partial charge < -0.3 is 9.88 Å². The van der Waals surface area contributed by atoms with Crippen molar-refractivity contribution >= 4 is 22.3 Å². The third-order valence-electron chi connectivity index (χ3n) is 5.15. The molecule has 3 aromatic rings. The molecular weight excluding hydrogens is 358 g/mol. The van der Waals surface area contributed by atoms with Gasteiger partial charge in [0.1, 0.15) is 5.82 Å². The van der Waals surface area contributed by atoms with E-state index < -0.39 is 0 Å². The zero-order valence-electron chi connectivity index (χ0n) is 15.6. The second-order valence-corrected chi connectivity index (χ2v) is 7.02. The van der Waals surface area contributed by atoms with Gasteiger partial charge in [-0.25, -0.2) is 4.98 Å². The van der Waals surface area contributed by atoms with Crippen LogP contribution in [0.1, 0.15) is 11.4 Å². The number of hydrogen-bond donors (Lipinski definition) is 1. The molecule has 0 radical (unpaired) electrons. The van der Waals surface area contributed by atoms with Gasteiger partial charge in [0.15, 0.2) is 0 Å². The molecule has 8 nitrogen and oxygen atoms in total. The number of para-hydroxylation sites is 1. The molecule has 0 amide bonds. The molecule has 0 spiro atoms. The molecule has 1 aliphatic rings. The first-order valence-electron chi connectivity index (χ1n) is 9.21. The lowest BCUT2D eigenvalue weighted by Gasteiger charge is -2.35. The van der Waals surface area contributed by atoms with E-state index in [4.69, 9.17) is 0 Å². The van der Waals surface area contributed by atoms with Crippen LogP contribution in [0, 0.1) is 17.0 Å². The predicted molar refractivity (Wildman–Crippen MR) is 108 cm³/mol. The smallest absolute Gasteiger partial charge is 0.272 e. The third-order valence-corrected chi connectivity index (χ3v) is 5.15. The summed E-state index contributed by atoms with van der Waals surface area (Å²) in [5.41, 5.74) is 2.42. The number of anilines is 1. The minimum atomic E-state index is -0.353. The molecule has 144 valence electrons. The summed E-state index contributed by atoms with van der Waals surface area (Å²) in [6, 6.07) is 12.6. The summed E-state index contributed by atoms with van der Waals surface area (Å²) >= 11 is 0. The summed E-state index contributed by atoms with van der Waals surface area (Å²) in [7, 11) is 0. The normalized spacial score (nSPS) is 15.1. The fourth-order valence-corrected chi connectivity index (χ4v) is 3.63. The number of nitrogens with zero attached hydrogens (tertiary/aromatic N) is 4. The number of aryl methyl sites for hydroxylation is 1. The maximum atomic E-state index is 12.2. The van der Waals surface area contributed by atoms with Crippen LogP contribution in [0.5, 0.6) is 0 Å². The molecular formula is C20H21N5O3. The van der Waals surface area contributed by atoms with Crippen molar-refractivity contribution in [3.63, 3.8) is 0 Å². The van der Waals surface area contributed by atoms with Crippen LogP contribution in [-0.4, -0.2) is 46.0 Å². The van der Waals surface area contributed by atoms with Gasteiger partial charge in [-0.15, -0.1) is 0 Å². The quantitative estimate of drug-likeness (QED) is 0.553. The standard InChI is InChI=1S/C20H21N5O3/c1-14-12-15(6-7-18(14)25(27)28)24-10-8-23(9-11-24)13-19-21-17-5-3-2-4-16(17)20(26)22-19/h2-7,12H,8-11,13H2,1H3,(H,21,22,26). The molecule has 0 aliphatic carbocycles. The van der Waals surface area contributed by atoms with E-state index in [1.165, 1.54) is 0 Å². The topological polar surface area (TPSA) is 95.4 Å². The van der Waals surface area contributed by atoms with Crippen LogP contribution < -0.4 is 10.5 Å². The van der Waals surface area contributed by atoms with E-state index in [1.807, 2.05) is 30.3 Å². The highest BCUT2D eigenvalue weighted by Gasteiger charge is 2.20. The Labute approximate surface area is 161 Å². The minimum Gasteiger partial charge on any atom is -0.369 e. The Kier molecular flexibility index (Phi) is 4.79. The van der Waals surface area contributed by atoms with Crippen molar-refractivity contribution in [2.75, 3.05) is 31.1 Å². The maximum absolute atomic E-state index is 12.2. The summed E-state index contributed by atoms with van der Waals surface area (Å²) in [5, 5.41) is 11.6. The Morgan fingerprint density at radius 3 is 2.61 bits per heavy atom. The number of aromatic nitrogens is 2. The Morgan fingerprint density at radius 2 is 1.89 bits per heavy atom. The van der Waals surface area contributed by atoms with E-state index in [2.05, 4.69) is 19.8 Å². The van der Waals surface area contributed by atoms with Crippen LogP contribution >= 0.6 is 0 Å². The lowest BCUT2D eigenvalue weighted by atomic mass is 10.1. The van der Waals surface area contributed by atoms with Crippen LogP contribution in [0.4, 0.5) is 11.4 Å². The van der Waals surface area contributed by atoms with E-state index in [1.54, 1.807) is 19.1 Å². The number of nitrogens with one attached hydrogen (secondary N) is 1. The van der Waals surface area contributed by atoms with Crippen molar-refractivity contribution in [2.45, 2.75) is 13.5 Å². The van der Waals surface area contributed by atoms with Crippen molar-refractivity contribution < 1.29 is 4.92 Å². The van der Waals surface area contributed by atoms with Gasteiger partial charge >= 0.3 is 0 Å². The number of hydrogen-bond acceptors (Lipinski definition) is 6. The van der Waals surface area contributed by atoms with Crippen LogP contribution in [0.3, 0.4) is 0 Å². The highest BCUT2D eigenvalue weighted by atomic mass is 16.6. The number of piperazine rings is 1. The fourth-order valence-electron chi connectivity index (χ4n) is 3.63. The van der Waals surface area contributed by atoms with Gasteiger partial charge in [0.2, 0.25) is 0 Å². The summed E-state index contributed by atoms with van der Waals surface area (Å²) in [5.74, 6) is 0.670. The molecule has 0 saturated carbocycles. The Balaban J connectivity index is 1.43. The van der Waals surface area contributed by atoms with Gasteiger partial charge in [-0.3, -0.25) is 19.8 Å². The molecule has 1 saturated heterocycles. The molecule has 28 heavy (non-hydrogen) atoms. The summed E-state index contributed by atoms with van der Waals surface area (Å²) in [6.07, 6.45) is 0. The van der Waals surface area contributed by atoms with Gasteiger partial charge in [-0.05, 0) is 31.2 Å². The number of aromatic amines is 1. The molecule has 0 atom stereocenters. The highest BCUT2D eigenvalue weighted by molar-refractivity contribution is 5.77. The maximum Gasteiger partial charge on any atom is 0.272 e. The van der Waals surface area contributed by atoms with Gasteiger partial charge in [0, 0.05) is 43.5 Å². The first kappa shape index (κ1) is 18.1. The molecule has 4 rings (SSSR count).